The van der Waals surface area contributed by atoms with Gasteiger partial charge in [-0.3, -0.25) is 9.69 Å². The standard InChI is InChI=1S/C27H35N3O3/c1-29(23-16-8-9-17-24(23)30-18-10-11-19-30)26(31)25(22-14-6-3-7-15-22)28-27(32)33-20-21-12-4-2-5-13-21/h2-7,12-15,23-25H,8-11,16-20H2,1H3,(H,28,32)/t23?,24?,25-/m0/s1. The SMILES string of the molecule is CN(C(=O)[C@@H](NC(=O)OCc1ccccc1)c1ccccc1)C1CCCCC1N1CCCC1. The zero-order chi connectivity index (χ0) is 23.0. The summed E-state index contributed by atoms with van der Waals surface area (Å²) >= 11 is 0. The fraction of sp³-hybridized carbons (Fsp3) is 0.481. The summed E-state index contributed by atoms with van der Waals surface area (Å²) in [5, 5.41) is 2.84. The monoisotopic (exact) mass is 449 g/mol. The molecule has 2 aromatic rings. The van der Waals surface area contributed by atoms with Gasteiger partial charge in [0.05, 0.1) is 0 Å². The average Bonchev–Trinajstić information content (AvgIpc) is 3.41. The number of likely N-dealkylation sites (tertiary alicyclic amines) is 1. The van der Waals surface area contributed by atoms with E-state index >= 15 is 0 Å². The summed E-state index contributed by atoms with van der Waals surface area (Å²) in [6.07, 6.45) is 6.37. The van der Waals surface area contributed by atoms with Gasteiger partial charge in [0.2, 0.25) is 5.91 Å². The molecule has 2 amide bonds. The first kappa shape index (κ1) is 23.3. The van der Waals surface area contributed by atoms with Crippen molar-refractivity contribution in [3.05, 3.63) is 71.8 Å². The van der Waals surface area contributed by atoms with E-state index in [-0.39, 0.29) is 18.6 Å². The zero-order valence-corrected chi connectivity index (χ0v) is 19.5. The van der Waals surface area contributed by atoms with Crippen LogP contribution >= 0.6 is 0 Å². The fourth-order valence-electron chi connectivity index (χ4n) is 5.23. The van der Waals surface area contributed by atoms with Gasteiger partial charge < -0.3 is 15.0 Å². The molecule has 1 saturated carbocycles. The molecule has 1 heterocycles. The molecule has 6 heteroatoms. The molecular weight excluding hydrogens is 414 g/mol. The summed E-state index contributed by atoms with van der Waals surface area (Å²) in [7, 11) is 1.90. The number of amides is 2. The first-order valence-corrected chi connectivity index (χ1v) is 12.2. The maximum Gasteiger partial charge on any atom is 0.408 e. The van der Waals surface area contributed by atoms with Crippen molar-refractivity contribution in [2.75, 3.05) is 20.1 Å². The van der Waals surface area contributed by atoms with Crippen LogP contribution in [-0.4, -0.2) is 54.0 Å². The third kappa shape index (κ3) is 5.93. The normalized spacial score (nSPS) is 21.8. The van der Waals surface area contributed by atoms with E-state index in [2.05, 4.69) is 10.2 Å². The van der Waals surface area contributed by atoms with Crippen LogP contribution in [0.5, 0.6) is 0 Å². The Balaban J connectivity index is 1.47. The number of nitrogens with zero attached hydrogens (tertiary/aromatic N) is 2. The maximum absolute atomic E-state index is 13.8. The Kier molecular flexibility index (Phi) is 8.00. The Labute approximate surface area is 196 Å². The van der Waals surface area contributed by atoms with Gasteiger partial charge in [0.25, 0.3) is 0 Å². The number of likely N-dealkylation sites (N-methyl/N-ethyl adjacent to an activating group) is 1. The van der Waals surface area contributed by atoms with Crippen molar-refractivity contribution in [3.8, 4) is 0 Å². The van der Waals surface area contributed by atoms with Gasteiger partial charge in [0.1, 0.15) is 12.6 Å². The van der Waals surface area contributed by atoms with Crippen molar-refractivity contribution in [3.63, 3.8) is 0 Å². The minimum Gasteiger partial charge on any atom is -0.445 e. The highest BCUT2D eigenvalue weighted by atomic mass is 16.5. The second-order valence-corrected chi connectivity index (χ2v) is 9.16. The minimum absolute atomic E-state index is 0.0889. The molecule has 2 unspecified atom stereocenters. The number of nitrogens with one attached hydrogen (secondary N) is 1. The van der Waals surface area contributed by atoms with E-state index in [1.54, 1.807) is 0 Å². The van der Waals surface area contributed by atoms with Crippen LogP contribution in [0.1, 0.15) is 55.7 Å². The Morgan fingerprint density at radius 1 is 0.970 bits per heavy atom. The quantitative estimate of drug-likeness (QED) is 0.675. The van der Waals surface area contributed by atoms with E-state index in [9.17, 15) is 9.59 Å². The lowest BCUT2D eigenvalue weighted by Crippen LogP contribution is -2.55. The molecule has 0 radical (unpaired) electrons. The van der Waals surface area contributed by atoms with Crippen LogP contribution in [0, 0.1) is 0 Å². The number of alkyl carbamates (subject to hydrolysis) is 1. The lowest BCUT2D eigenvalue weighted by Gasteiger charge is -2.43. The second kappa shape index (κ2) is 11.3. The van der Waals surface area contributed by atoms with Crippen molar-refractivity contribution in [2.24, 2.45) is 0 Å². The summed E-state index contributed by atoms with van der Waals surface area (Å²) in [4.78, 5) is 30.9. The molecule has 1 N–H and O–H groups in total. The molecule has 1 aliphatic carbocycles. The van der Waals surface area contributed by atoms with Gasteiger partial charge in [-0.1, -0.05) is 73.5 Å². The first-order valence-electron chi connectivity index (χ1n) is 12.2. The first-order chi connectivity index (χ1) is 16.1. The van der Waals surface area contributed by atoms with Crippen LogP contribution in [0.25, 0.3) is 0 Å². The Morgan fingerprint density at radius 3 is 2.30 bits per heavy atom. The van der Waals surface area contributed by atoms with E-state index in [0.29, 0.717) is 6.04 Å². The lowest BCUT2D eigenvalue weighted by molar-refractivity contribution is -0.136. The van der Waals surface area contributed by atoms with Crippen LogP contribution in [0.4, 0.5) is 4.79 Å². The van der Waals surface area contributed by atoms with Crippen LogP contribution in [0.15, 0.2) is 60.7 Å². The third-order valence-corrected chi connectivity index (χ3v) is 7.00. The topological polar surface area (TPSA) is 61.9 Å². The van der Waals surface area contributed by atoms with E-state index in [4.69, 9.17) is 4.74 Å². The zero-order valence-electron chi connectivity index (χ0n) is 19.5. The largest absolute Gasteiger partial charge is 0.445 e. The van der Waals surface area contributed by atoms with Gasteiger partial charge in [0.15, 0.2) is 0 Å². The molecule has 2 fully saturated rings. The molecule has 2 aliphatic rings. The maximum atomic E-state index is 13.8. The molecule has 1 saturated heterocycles. The predicted molar refractivity (Wildman–Crippen MR) is 129 cm³/mol. The molecule has 1 aliphatic heterocycles. The summed E-state index contributed by atoms with van der Waals surface area (Å²) in [5.74, 6) is -0.0889. The van der Waals surface area contributed by atoms with Crippen LogP contribution in [-0.2, 0) is 16.1 Å². The summed E-state index contributed by atoms with van der Waals surface area (Å²) < 4.78 is 5.43. The van der Waals surface area contributed by atoms with E-state index < -0.39 is 12.1 Å². The second-order valence-electron chi connectivity index (χ2n) is 9.16. The highest BCUT2D eigenvalue weighted by Gasteiger charge is 2.38. The smallest absolute Gasteiger partial charge is 0.408 e. The van der Waals surface area contributed by atoms with Gasteiger partial charge in [-0.25, -0.2) is 4.79 Å². The summed E-state index contributed by atoms with van der Waals surface area (Å²) in [6, 6.07) is 18.8. The highest BCUT2D eigenvalue weighted by molar-refractivity contribution is 5.87. The van der Waals surface area contributed by atoms with Crippen LogP contribution in [0.3, 0.4) is 0 Å². The molecule has 4 rings (SSSR count). The van der Waals surface area contributed by atoms with Gasteiger partial charge in [-0.2, -0.15) is 0 Å². The van der Waals surface area contributed by atoms with Crippen molar-refractivity contribution in [2.45, 2.75) is 63.3 Å². The molecule has 2 aromatic carbocycles. The molecule has 0 aromatic heterocycles. The number of ether oxygens (including phenoxy) is 1. The number of rotatable bonds is 7. The molecule has 33 heavy (non-hydrogen) atoms. The summed E-state index contributed by atoms with van der Waals surface area (Å²) in [6.45, 7) is 2.41. The molecule has 3 atom stereocenters. The number of carbonyl (C=O) groups excluding carboxylic acids is 2. The lowest BCUT2D eigenvalue weighted by atomic mass is 9.87. The molecule has 0 bridgehead atoms. The summed E-state index contributed by atoms with van der Waals surface area (Å²) in [5.41, 5.74) is 1.67. The Morgan fingerprint density at radius 2 is 1.61 bits per heavy atom. The van der Waals surface area contributed by atoms with Gasteiger partial charge in [-0.15, -0.1) is 0 Å². The Hall–Kier alpha value is -2.86. The van der Waals surface area contributed by atoms with Crippen molar-refractivity contribution in [1.29, 1.82) is 0 Å². The number of hydrogen-bond acceptors (Lipinski definition) is 4. The van der Waals surface area contributed by atoms with Crippen LogP contribution in [0.2, 0.25) is 0 Å². The molecular formula is C27H35N3O3. The van der Waals surface area contributed by atoms with Crippen molar-refractivity contribution >= 4 is 12.0 Å². The van der Waals surface area contributed by atoms with Crippen molar-refractivity contribution in [1.82, 2.24) is 15.1 Å². The number of carbonyl (C=O) groups is 2. The number of benzene rings is 2. The van der Waals surface area contributed by atoms with E-state index in [1.165, 1.54) is 19.3 Å². The van der Waals surface area contributed by atoms with E-state index in [0.717, 1.165) is 43.5 Å². The molecule has 176 valence electrons. The molecule has 0 spiro atoms. The predicted octanol–water partition coefficient (Wildman–Crippen LogP) is 4.52. The fourth-order valence-corrected chi connectivity index (χ4v) is 5.23. The minimum atomic E-state index is -0.777. The van der Waals surface area contributed by atoms with Gasteiger partial charge in [0, 0.05) is 19.1 Å². The van der Waals surface area contributed by atoms with Gasteiger partial charge >= 0.3 is 6.09 Å². The number of hydrogen-bond donors (Lipinski definition) is 1. The third-order valence-electron chi connectivity index (χ3n) is 7.00. The Bertz CT molecular complexity index is 899. The van der Waals surface area contributed by atoms with Crippen LogP contribution < -0.4 is 5.32 Å². The van der Waals surface area contributed by atoms with Crippen molar-refractivity contribution < 1.29 is 14.3 Å². The average molecular weight is 450 g/mol. The van der Waals surface area contributed by atoms with Gasteiger partial charge in [-0.05, 0) is 49.9 Å². The highest BCUT2D eigenvalue weighted by Crippen LogP contribution is 2.30. The van der Waals surface area contributed by atoms with E-state index in [1.807, 2.05) is 72.6 Å². The molecule has 6 nitrogen and oxygen atoms in total.